The summed E-state index contributed by atoms with van der Waals surface area (Å²) < 4.78 is 23.2. The molecule has 0 unspecified atom stereocenters. The molecule has 0 aliphatic heterocycles. The Bertz CT molecular complexity index is 108. The smallest absolute Gasteiger partial charge is 0.543 e. The zero-order valence-electron chi connectivity index (χ0n) is 4.98. The fraction of sp³-hybridized carbons (Fsp3) is 0.667. The van der Waals surface area contributed by atoms with E-state index in [1.54, 1.807) is 0 Å². The summed E-state index contributed by atoms with van der Waals surface area (Å²) in [5, 5.41) is 5.63. The molecule has 0 heterocycles. The Morgan fingerprint density at radius 1 is 1.67 bits per heavy atom. The van der Waals surface area contributed by atoms with Crippen LogP contribution in [-0.2, 0) is 4.79 Å². The molecule has 0 aliphatic carbocycles. The number of alkyl halides is 2. The average molecular weight is 180 g/mol. The van der Waals surface area contributed by atoms with Gasteiger partial charge in [-0.15, -0.1) is 0 Å². The first kappa shape index (κ1) is 12.9. The van der Waals surface area contributed by atoms with E-state index in [1.807, 2.05) is 0 Å². The zero-order valence-corrected chi connectivity index (χ0v) is 8.92. The van der Waals surface area contributed by atoms with Crippen LogP contribution in [-0.4, -0.2) is 17.5 Å². The van der Waals surface area contributed by atoms with Gasteiger partial charge in [-0.3, -0.25) is 0 Å². The van der Waals surface area contributed by atoms with Crippen LogP contribution in [0, 0.1) is 0 Å². The molecule has 0 fully saturated rings. The molecule has 0 N–H and O–H groups in total. The van der Waals surface area contributed by atoms with Crippen molar-refractivity contribution in [2.75, 3.05) is 6.26 Å². The third kappa shape index (κ3) is 4.69. The Hall–Kier alpha value is 1.32. The molecule has 0 saturated carbocycles. The molecule has 0 bridgehead atoms. The van der Waals surface area contributed by atoms with Gasteiger partial charge in [0.05, 0.1) is 0 Å². The summed E-state index contributed by atoms with van der Waals surface area (Å²) in [6.45, 7) is 0. The van der Waals surface area contributed by atoms with Crippen LogP contribution >= 0.6 is 11.8 Å². The van der Waals surface area contributed by atoms with Crippen molar-refractivity contribution in [2.24, 2.45) is 0 Å². The number of aliphatic carboxylic acids is 1. The van der Waals surface area contributed by atoms with Crippen LogP contribution in [0.3, 0.4) is 0 Å². The summed E-state index contributed by atoms with van der Waals surface area (Å²) in [4.78, 5) is 9.37. The Labute approximate surface area is 97.8 Å². The zero-order chi connectivity index (χ0) is 6.78. The first-order valence-electron chi connectivity index (χ1n) is 1.65. The van der Waals surface area contributed by atoms with E-state index in [9.17, 15) is 18.7 Å². The molecule has 0 saturated heterocycles. The number of rotatable bonds is 2. The van der Waals surface area contributed by atoms with Gasteiger partial charge in [0.2, 0.25) is 0 Å². The van der Waals surface area contributed by atoms with Crippen molar-refractivity contribution in [3.05, 3.63) is 0 Å². The number of halogens is 2. The Morgan fingerprint density at radius 3 is 2.00 bits per heavy atom. The molecule has 48 valence electrons. The van der Waals surface area contributed by atoms with Crippen LogP contribution < -0.4 is 56.5 Å². The molecule has 0 amide bonds. The van der Waals surface area contributed by atoms with Crippen LogP contribution in [0.1, 0.15) is 0 Å². The van der Waals surface area contributed by atoms with Gasteiger partial charge in [-0.25, -0.2) is 0 Å². The summed E-state index contributed by atoms with van der Waals surface area (Å²) in [7, 11) is 0. The van der Waals surface area contributed by atoms with E-state index in [0.717, 1.165) is 6.26 Å². The van der Waals surface area contributed by atoms with E-state index < -0.39 is 11.2 Å². The number of carbonyl (C=O) groups excluding carboxylic acids is 1. The standard InChI is InChI=1S/C3H4F2O2S.K/c1-8-3(4,5)2(6)7;/h1H3,(H,6,7);/q;+1/p-1. The van der Waals surface area contributed by atoms with E-state index in [1.165, 1.54) is 0 Å². The van der Waals surface area contributed by atoms with Crippen molar-refractivity contribution in [1.82, 2.24) is 0 Å². The molecule has 0 aliphatic rings. The summed E-state index contributed by atoms with van der Waals surface area (Å²) in [5.74, 6) is -2.34. The van der Waals surface area contributed by atoms with E-state index in [2.05, 4.69) is 0 Å². The predicted octanol–water partition coefficient (Wildman–Crippen LogP) is -3.30. The maximum Gasteiger partial charge on any atom is 1.00 e. The van der Waals surface area contributed by atoms with Gasteiger partial charge >= 0.3 is 56.6 Å². The van der Waals surface area contributed by atoms with Crippen molar-refractivity contribution >= 4 is 17.7 Å². The molecule has 0 atom stereocenters. The summed E-state index contributed by atoms with van der Waals surface area (Å²) in [6, 6.07) is 0. The summed E-state index contributed by atoms with van der Waals surface area (Å²) >= 11 is -0.0602. The second kappa shape index (κ2) is 5.03. The number of carboxylic acid groups (broad SMARTS) is 1. The minimum atomic E-state index is -3.74. The van der Waals surface area contributed by atoms with Gasteiger partial charge < -0.3 is 9.90 Å². The van der Waals surface area contributed by atoms with Gasteiger partial charge in [0.25, 0.3) is 0 Å². The summed E-state index contributed by atoms with van der Waals surface area (Å²) in [5.41, 5.74) is 0. The molecule has 6 heteroatoms. The van der Waals surface area contributed by atoms with Gasteiger partial charge in [-0.1, -0.05) is 11.8 Å². The van der Waals surface area contributed by atoms with Crippen molar-refractivity contribution in [2.45, 2.75) is 5.25 Å². The van der Waals surface area contributed by atoms with Crippen molar-refractivity contribution in [1.29, 1.82) is 0 Å². The molecular formula is C3H3F2KO2S. The van der Waals surface area contributed by atoms with Crippen molar-refractivity contribution in [3.63, 3.8) is 0 Å². The molecule has 0 aromatic rings. The largest absolute Gasteiger partial charge is 1.00 e. The minimum Gasteiger partial charge on any atom is -0.543 e. The normalized spacial score (nSPS) is 10.1. The molecule has 0 aromatic heterocycles. The van der Waals surface area contributed by atoms with Crippen LogP contribution in [0.4, 0.5) is 8.78 Å². The topological polar surface area (TPSA) is 40.1 Å². The molecule has 0 radical (unpaired) electrons. The fourth-order valence-electron chi connectivity index (χ4n) is 0.0833. The fourth-order valence-corrected chi connectivity index (χ4v) is 0.250. The number of carboxylic acids is 1. The van der Waals surface area contributed by atoms with Gasteiger partial charge in [0.1, 0.15) is 5.97 Å². The SMILES string of the molecule is CSC(F)(F)C(=O)[O-].[K+]. The third-order valence-corrected chi connectivity index (χ3v) is 1.17. The number of carbonyl (C=O) groups is 1. The monoisotopic (exact) mass is 180 g/mol. The molecule has 9 heavy (non-hydrogen) atoms. The first-order chi connectivity index (χ1) is 3.50. The second-order valence-electron chi connectivity index (χ2n) is 1.01. The molecule has 0 spiro atoms. The van der Waals surface area contributed by atoms with E-state index in [4.69, 9.17) is 0 Å². The van der Waals surface area contributed by atoms with E-state index in [0.29, 0.717) is 0 Å². The van der Waals surface area contributed by atoms with Gasteiger partial charge in [0, 0.05) is 0 Å². The maximum atomic E-state index is 11.6. The Balaban J connectivity index is 0. The van der Waals surface area contributed by atoms with Crippen molar-refractivity contribution < 1.29 is 70.1 Å². The van der Waals surface area contributed by atoms with Crippen LogP contribution in [0.5, 0.6) is 0 Å². The Morgan fingerprint density at radius 2 is 2.00 bits per heavy atom. The first-order valence-corrected chi connectivity index (χ1v) is 2.87. The van der Waals surface area contributed by atoms with Gasteiger partial charge in [-0.2, -0.15) is 8.78 Å². The van der Waals surface area contributed by atoms with Gasteiger partial charge in [0.15, 0.2) is 0 Å². The number of thioether (sulfide) groups is 1. The number of hydrogen-bond acceptors (Lipinski definition) is 3. The van der Waals surface area contributed by atoms with Crippen LogP contribution in [0.15, 0.2) is 0 Å². The Kier molecular flexibility index (Phi) is 7.24. The van der Waals surface area contributed by atoms with E-state index >= 15 is 0 Å². The van der Waals surface area contributed by atoms with Crippen LogP contribution in [0.25, 0.3) is 0 Å². The second-order valence-corrected chi connectivity index (χ2v) is 1.93. The molecule has 0 aromatic carbocycles. The third-order valence-electron chi connectivity index (χ3n) is 0.494. The number of hydrogen-bond donors (Lipinski definition) is 0. The average Bonchev–Trinajstić information content (AvgIpc) is 1.67. The van der Waals surface area contributed by atoms with Gasteiger partial charge in [-0.05, 0) is 6.26 Å². The quantitative estimate of drug-likeness (QED) is 0.418. The van der Waals surface area contributed by atoms with Crippen molar-refractivity contribution in [3.8, 4) is 0 Å². The minimum absolute atomic E-state index is 0. The molecule has 0 rings (SSSR count). The molecule has 2 nitrogen and oxygen atoms in total. The summed E-state index contributed by atoms with van der Waals surface area (Å²) in [6.07, 6.45) is 0.996. The predicted molar refractivity (Wildman–Crippen MR) is 23.5 cm³/mol. The molecular weight excluding hydrogens is 177 g/mol. The van der Waals surface area contributed by atoms with E-state index in [-0.39, 0.29) is 63.1 Å². The maximum absolute atomic E-state index is 11.6. The van der Waals surface area contributed by atoms with Crippen LogP contribution in [0.2, 0.25) is 0 Å².